The standard InChI is InChI=1S/C21H18ClN3O2S/c22-19-10-9-17(14-23-19)24-21(28)25-20(26)16-7-4-8-18(13-16)27-12-11-15-5-2-1-3-6-15/h1-10,13-14H,11-12H2,(H2,24,25,26,28). The number of ether oxygens (including phenoxy) is 1. The van der Waals surface area contributed by atoms with E-state index in [1.54, 1.807) is 30.3 Å². The van der Waals surface area contributed by atoms with Gasteiger partial charge in [0.1, 0.15) is 10.9 Å². The molecular weight excluding hydrogens is 394 g/mol. The number of nitrogens with one attached hydrogen (secondary N) is 2. The van der Waals surface area contributed by atoms with Crippen LogP contribution in [0.25, 0.3) is 0 Å². The maximum Gasteiger partial charge on any atom is 0.257 e. The fourth-order valence-corrected chi connectivity index (χ4v) is 2.77. The predicted octanol–water partition coefficient (Wildman–Crippen LogP) is 4.48. The van der Waals surface area contributed by atoms with Gasteiger partial charge in [-0.05, 0) is 48.1 Å². The number of pyridine rings is 1. The predicted molar refractivity (Wildman–Crippen MR) is 115 cm³/mol. The number of hydrogen-bond acceptors (Lipinski definition) is 4. The van der Waals surface area contributed by atoms with Gasteiger partial charge in [0.2, 0.25) is 0 Å². The zero-order valence-corrected chi connectivity index (χ0v) is 16.5. The average Bonchev–Trinajstić information content (AvgIpc) is 2.71. The minimum Gasteiger partial charge on any atom is -0.493 e. The number of nitrogens with zero attached hydrogens (tertiary/aromatic N) is 1. The van der Waals surface area contributed by atoms with Crippen LogP contribution in [0.5, 0.6) is 5.75 Å². The molecule has 0 bridgehead atoms. The number of aromatic nitrogens is 1. The van der Waals surface area contributed by atoms with Crippen molar-refractivity contribution < 1.29 is 9.53 Å². The topological polar surface area (TPSA) is 63.2 Å². The third kappa shape index (κ3) is 6.04. The Morgan fingerprint density at radius 2 is 1.89 bits per heavy atom. The molecule has 0 aliphatic heterocycles. The monoisotopic (exact) mass is 411 g/mol. The third-order valence-corrected chi connectivity index (χ3v) is 4.24. The summed E-state index contributed by atoms with van der Waals surface area (Å²) in [6.07, 6.45) is 2.32. The summed E-state index contributed by atoms with van der Waals surface area (Å²) in [6, 6.07) is 20.4. The van der Waals surface area contributed by atoms with E-state index in [-0.39, 0.29) is 11.0 Å². The van der Waals surface area contributed by atoms with Crippen LogP contribution in [0.4, 0.5) is 5.69 Å². The third-order valence-electron chi connectivity index (χ3n) is 3.81. The van der Waals surface area contributed by atoms with Gasteiger partial charge in [-0.2, -0.15) is 0 Å². The van der Waals surface area contributed by atoms with E-state index in [9.17, 15) is 4.79 Å². The van der Waals surface area contributed by atoms with E-state index in [0.29, 0.717) is 28.8 Å². The highest BCUT2D eigenvalue weighted by Gasteiger charge is 2.09. The van der Waals surface area contributed by atoms with Gasteiger partial charge in [0.05, 0.1) is 18.5 Å². The van der Waals surface area contributed by atoms with Crippen LogP contribution in [0.2, 0.25) is 5.15 Å². The van der Waals surface area contributed by atoms with Crippen molar-refractivity contribution in [3.63, 3.8) is 0 Å². The summed E-state index contributed by atoms with van der Waals surface area (Å²) in [5.74, 6) is 0.303. The van der Waals surface area contributed by atoms with Crippen LogP contribution in [0.1, 0.15) is 15.9 Å². The van der Waals surface area contributed by atoms with Crippen LogP contribution in [0, 0.1) is 0 Å². The molecule has 0 saturated heterocycles. The summed E-state index contributed by atoms with van der Waals surface area (Å²) in [7, 11) is 0. The Labute approximate surface area is 173 Å². The summed E-state index contributed by atoms with van der Waals surface area (Å²) in [4.78, 5) is 16.4. The molecule has 0 aliphatic carbocycles. The molecule has 3 rings (SSSR count). The van der Waals surface area contributed by atoms with Gasteiger partial charge in [0.15, 0.2) is 5.11 Å². The fraction of sp³-hybridized carbons (Fsp3) is 0.0952. The second kappa shape index (κ2) is 9.82. The van der Waals surface area contributed by atoms with Crippen molar-refractivity contribution in [2.75, 3.05) is 11.9 Å². The largest absolute Gasteiger partial charge is 0.493 e. The molecule has 2 N–H and O–H groups in total. The molecule has 0 saturated carbocycles. The highest BCUT2D eigenvalue weighted by molar-refractivity contribution is 7.80. The van der Waals surface area contributed by atoms with Gasteiger partial charge in [-0.15, -0.1) is 0 Å². The number of thiocarbonyl (C=S) groups is 1. The Bertz CT molecular complexity index is 949. The molecule has 2 aromatic carbocycles. The lowest BCUT2D eigenvalue weighted by Gasteiger charge is -2.11. The fourth-order valence-electron chi connectivity index (χ4n) is 2.45. The normalized spacial score (nSPS) is 10.2. The molecule has 0 aliphatic rings. The highest BCUT2D eigenvalue weighted by Crippen LogP contribution is 2.14. The molecule has 0 fully saturated rings. The molecule has 1 amide bonds. The Kier molecular flexibility index (Phi) is 6.94. The number of hydrogen-bond donors (Lipinski definition) is 2. The number of halogens is 1. The number of carbonyl (C=O) groups is 1. The summed E-state index contributed by atoms with van der Waals surface area (Å²) in [5.41, 5.74) is 2.28. The minimum atomic E-state index is -0.326. The van der Waals surface area contributed by atoms with Gasteiger partial charge in [0, 0.05) is 12.0 Å². The van der Waals surface area contributed by atoms with Crippen LogP contribution in [-0.2, 0) is 6.42 Å². The van der Waals surface area contributed by atoms with Gasteiger partial charge in [-0.25, -0.2) is 4.98 Å². The molecule has 1 aromatic heterocycles. The van der Waals surface area contributed by atoms with Crippen molar-refractivity contribution in [2.24, 2.45) is 0 Å². The molecule has 5 nitrogen and oxygen atoms in total. The lowest BCUT2D eigenvalue weighted by atomic mass is 10.2. The smallest absolute Gasteiger partial charge is 0.257 e. The molecule has 3 aromatic rings. The average molecular weight is 412 g/mol. The Morgan fingerprint density at radius 1 is 1.07 bits per heavy atom. The van der Waals surface area contributed by atoms with Crippen molar-refractivity contribution in [3.05, 3.63) is 89.2 Å². The number of amides is 1. The van der Waals surface area contributed by atoms with Crippen LogP contribution >= 0.6 is 23.8 Å². The second-order valence-corrected chi connectivity index (χ2v) is 6.69. The summed E-state index contributed by atoms with van der Waals surface area (Å²) in [5, 5.41) is 6.07. The van der Waals surface area contributed by atoms with E-state index in [0.717, 1.165) is 6.42 Å². The van der Waals surface area contributed by atoms with E-state index in [2.05, 4.69) is 27.8 Å². The van der Waals surface area contributed by atoms with Crippen LogP contribution in [0.3, 0.4) is 0 Å². The first kappa shape index (κ1) is 19.8. The van der Waals surface area contributed by atoms with Gasteiger partial charge in [-0.1, -0.05) is 48.0 Å². The molecule has 142 valence electrons. The second-order valence-electron chi connectivity index (χ2n) is 5.89. The maximum atomic E-state index is 12.4. The van der Waals surface area contributed by atoms with Crippen molar-refractivity contribution >= 4 is 40.5 Å². The minimum absolute atomic E-state index is 0.171. The van der Waals surface area contributed by atoms with Crippen molar-refractivity contribution in [1.29, 1.82) is 0 Å². The molecule has 1 heterocycles. The van der Waals surface area contributed by atoms with Gasteiger partial charge in [-0.3, -0.25) is 10.1 Å². The van der Waals surface area contributed by atoms with Gasteiger partial charge < -0.3 is 10.1 Å². The van der Waals surface area contributed by atoms with E-state index >= 15 is 0 Å². The molecule has 28 heavy (non-hydrogen) atoms. The number of benzene rings is 2. The van der Waals surface area contributed by atoms with Gasteiger partial charge in [0.25, 0.3) is 5.91 Å². The zero-order chi connectivity index (χ0) is 19.8. The first-order valence-electron chi connectivity index (χ1n) is 8.61. The van der Waals surface area contributed by atoms with Gasteiger partial charge >= 0.3 is 0 Å². The van der Waals surface area contributed by atoms with Crippen molar-refractivity contribution in [2.45, 2.75) is 6.42 Å². The summed E-state index contributed by atoms with van der Waals surface area (Å²) >= 11 is 10.9. The number of rotatable bonds is 6. The molecule has 0 unspecified atom stereocenters. The Hall–Kier alpha value is -2.96. The van der Waals surface area contributed by atoms with E-state index in [1.807, 2.05) is 24.3 Å². The Balaban J connectivity index is 1.52. The molecule has 0 radical (unpaired) electrons. The lowest BCUT2D eigenvalue weighted by molar-refractivity contribution is 0.0977. The van der Waals surface area contributed by atoms with Crippen LogP contribution < -0.4 is 15.4 Å². The SMILES string of the molecule is O=C(NC(=S)Nc1ccc(Cl)nc1)c1cccc(OCCc2ccccc2)c1. The first-order valence-corrected chi connectivity index (χ1v) is 9.39. The molecule has 0 atom stereocenters. The summed E-state index contributed by atoms with van der Waals surface area (Å²) < 4.78 is 5.76. The zero-order valence-electron chi connectivity index (χ0n) is 14.9. The maximum absolute atomic E-state index is 12.4. The van der Waals surface area contributed by atoms with Crippen molar-refractivity contribution in [3.8, 4) is 5.75 Å². The lowest BCUT2D eigenvalue weighted by Crippen LogP contribution is -2.34. The van der Waals surface area contributed by atoms with Crippen LogP contribution in [-0.4, -0.2) is 22.6 Å². The Morgan fingerprint density at radius 3 is 2.64 bits per heavy atom. The number of anilines is 1. The highest BCUT2D eigenvalue weighted by atomic mass is 35.5. The first-order chi connectivity index (χ1) is 13.6. The van der Waals surface area contributed by atoms with E-state index in [4.69, 9.17) is 28.6 Å². The van der Waals surface area contributed by atoms with Crippen LogP contribution in [0.15, 0.2) is 72.9 Å². The molecule has 0 spiro atoms. The van der Waals surface area contributed by atoms with E-state index < -0.39 is 0 Å². The molecular formula is C21H18ClN3O2S. The molecule has 7 heteroatoms. The van der Waals surface area contributed by atoms with E-state index in [1.165, 1.54) is 11.8 Å². The van der Waals surface area contributed by atoms with Crippen molar-refractivity contribution in [1.82, 2.24) is 10.3 Å². The summed E-state index contributed by atoms with van der Waals surface area (Å²) in [6.45, 7) is 0.526. The number of carbonyl (C=O) groups excluding carboxylic acids is 1. The quantitative estimate of drug-likeness (QED) is 0.462.